The van der Waals surface area contributed by atoms with E-state index in [-0.39, 0.29) is 0 Å². The number of hydrogen-bond donors (Lipinski definition) is 0. The van der Waals surface area contributed by atoms with E-state index in [0.717, 1.165) is 64.2 Å². The molecule has 3 heterocycles. The van der Waals surface area contributed by atoms with Crippen LogP contribution in [0.1, 0.15) is 50.5 Å². The predicted molar refractivity (Wildman–Crippen MR) is 126 cm³/mol. The molecule has 3 aromatic heterocycles. The summed E-state index contributed by atoms with van der Waals surface area (Å²) in [7, 11) is 2.08. The fourth-order valence-corrected chi connectivity index (χ4v) is 5.16. The molecule has 0 N–H and O–H groups in total. The van der Waals surface area contributed by atoms with Gasteiger partial charge in [-0.2, -0.15) is 0 Å². The monoisotopic (exact) mass is 408 g/mol. The van der Waals surface area contributed by atoms with Gasteiger partial charge in [0.05, 0.1) is 10.9 Å². The summed E-state index contributed by atoms with van der Waals surface area (Å²) in [5, 5.41) is 4.48. The van der Waals surface area contributed by atoms with Crippen molar-refractivity contribution in [1.29, 1.82) is 0 Å². The molecule has 0 saturated heterocycles. The number of fused-ring (bicyclic) bond motifs is 5. The van der Waals surface area contributed by atoms with Gasteiger partial charge in [-0.25, -0.2) is 9.55 Å². The highest BCUT2D eigenvalue weighted by molar-refractivity contribution is 6.17. The van der Waals surface area contributed by atoms with Gasteiger partial charge in [0.25, 0.3) is 0 Å². The highest BCUT2D eigenvalue weighted by Crippen LogP contribution is 2.38. The van der Waals surface area contributed by atoms with E-state index < -0.39 is 5.89 Å². The highest BCUT2D eigenvalue weighted by Gasteiger charge is 2.22. The number of nitrogens with zero attached hydrogens (tertiary/aromatic N) is 2. The largest absolute Gasteiger partial charge is 0.438 e. The Labute approximate surface area is 183 Å². The quantitative estimate of drug-likeness (QED) is 0.295. The molecular weight excluding hydrogens is 380 g/mol. The third-order valence-electron chi connectivity index (χ3n) is 6.86. The Morgan fingerprint density at radius 2 is 1.87 bits per heavy atom. The smallest absolute Gasteiger partial charge is 0.227 e. The van der Waals surface area contributed by atoms with Crippen molar-refractivity contribution in [2.24, 2.45) is 7.05 Å². The summed E-state index contributed by atoms with van der Waals surface area (Å²) in [4.78, 5) is 4.58. The molecule has 1 aliphatic carbocycles. The minimum atomic E-state index is -0.471. The molecule has 0 bridgehead atoms. The van der Waals surface area contributed by atoms with Gasteiger partial charge in [0.1, 0.15) is 12.6 Å². The molecule has 0 radical (unpaired) electrons. The topological polar surface area (TPSA) is 29.9 Å². The molecule has 154 valence electrons. The average Bonchev–Trinajstić information content (AvgIpc) is 3.17. The van der Waals surface area contributed by atoms with Crippen LogP contribution in [0.5, 0.6) is 0 Å². The third-order valence-corrected chi connectivity index (χ3v) is 6.86. The second-order valence-electron chi connectivity index (χ2n) is 8.87. The second-order valence-corrected chi connectivity index (χ2v) is 8.87. The van der Waals surface area contributed by atoms with E-state index in [4.69, 9.17) is 5.79 Å². The maximum atomic E-state index is 9.09. The van der Waals surface area contributed by atoms with Crippen LogP contribution in [0.3, 0.4) is 0 Å². The Bertz CT molecular complexity index is 1490. The molecule has 6 rings (SSSR count). The minimum Gasteiger partial charge on any atom is -0.438 e. The van der Waals surface area contributed by atoms with Gasteiger partial charge >= 0.3 is 0 Å². The van der Waals surface area contributed by atoms with Crippen molar-refractivity contribution in [3.8, 4) is 11.3 Å². The maximum absolute atomic E-state index is 9.09. The number of pyridine rings is 2. The second kappa shape index (κ2) is 7.19. The van der Waals surface area contributed by atoms with Gasteiger partial charge in [-0.3, -0.25) is 0 Å². The van der Waals surface area contributed by atoms with Crippen molar-refractivity contribution >= 4 is 32.8 Å². The van der Waals surface area contributed by atoms with E-state index in [0.29, 0.717) is 5.71 Å². The Hall–Kier alpha value is -3.20. The molecule has 3 nitrogen and oxygen atoms in total. The SMILES string of the molecule is [2H]C1(c2cc[n+](C)c(-c3cc4oc5ncc6ccccc6c5c4cc3C)c2)CCCCC1. The van der Waals surface area contributed by atoms with Crippen LogP contribution in [-0.4, -0.2) is 4.98 Å². The van der Waals surface area contributed by atoms with E-state index in [2.05, 4.69) is 72.2 Å². The summed E-state index contributed by atoms with van der Waals surface area (Å²) >= 11 is 0. The molecule has 1 saturated carbocycles. The fourth-order valence-electron chi connectivity index (χ4n) is 5.16. The van der Waals surface area contributed by atoms with Crippen molar-refractivity contribution in [3.05, 3.63) is 72.1 Å². The van der Waals surface area contributed by atoms with Crippen molar-refractivity contribution in [2.75, 3.05) is 0 Å². The molecule has 3 heteroatoms. The maximum Gasteiger partial charge on any atom is 0.227 e. The summed E-state index contributed by atoms with van der Waals surface area (Å²) in [6.45, 7) is 2.16. The first-order valence-corrected chi connectivity index (χ1v) is 11.2. The zero-order chi connectivity index (χ0) is 21.9. The van der Waals surface area contributed by atoms with Crippen molar-refractivity contribution < 1.29 is 10.4 Å². The molecule has 0 unspecified atom stereocenters. The summed E-state index contributed by atoms with van der Waals surface area (Å²) in [5.41, 5.74) is 6.13. The molecule has 0 aliphatic heterocycles. The Morgan fingerprint density at radius 1 is 1.03 bits per heavy atom. The predicted octanol–water partition coefficient (Wildman–Crippen LogP) is 6.98. The number of aromatic nitrogens is 2. The van der Waals surface area contributed by atoms with Crippen molar-refractivity contribution in [3.63, 3.8) is 0 Å². The van der Waals surface area contributed by atoms with Crippen LogP contribution in [0.2, 0.25) is 0 Å². The van der Waals surface area contributed by atoms with E-state index in [1.165, 1.54) is 17.4 Å². The van der Waals surface area contributed by atoms with E-state index >= 15 is 0 Å². The Kier molecular flexibility index (Phi) is 4.06. The van der Waals surface area contributed by atoms with Crippen molar-refractivity contribution in [1.82, 2.24) is 4.98 Å². The van der Waals surface area contributed by atoms with Crippen LogP contribution in [0, 0.1) is 6.92 Å². The molecule has 1 aliphatic rings. The Morgan fingerprint density at radius 3 is 2.74 bits per heavy atom. The van der Waals surface area contributed by atoms with E-state index in [1.54, 1.807) is 0 Å². The highest BCUT2D eigenvalue weighted by atomic mass is 16.3. The first-order chi connectivity index (χ1) is 15.5. The zero-order valence-electron chi connectivity index (χ0n) is 19.1. The normalized spacial score (nSPS) is 16.8. The lowest BCUT2D eigenvalue weighted by Gasteiger charge is -2.21. The van der Waals surface area contributed by atoms with Crippen LogP contribution < -0.4 is 4.57 Å². The molecule has 2 aromatic carbocycles. The molecule has 0 spiro atoms. The van der Waals surface area contributed by atoms with E-state index in [1.807, 2.05) is 12.3 Å². The summed E-state index contributed by atoms with van der Waals surface area (Å²) in [5.74, 6) is -0.471. The average molecular weight is 409 g/mol. The van der Waals surface area contributed by atoms with E-state index in [9.17, 15) is 0 Å². The lowest BCUT2D eigenvalue weighted by atomic mass is 9.84. The van der Waals surface area contributed by atoms with Gasteiger partial charge in [0.2, 0.25) is 11.4 Å². The summed E-state index contributed by atoms with van der Waals surface area (Å²) < 4.78 is 17.5. The summed E-state index contributed by atoms with van der Waals surface area (Å²) in [6.07, 6.45) is 9.41. The number of rotatable bonds is 2. The molecule has 1 fully saturated rings. The molecule has 31 heavy (non-hydrogen) atoms. The number of hydrogen-bond acceptors (Lipinski definition) is 2. The number of benzene rings is 2. The van der Waals surface area contributed by atoms with Crippen LogP contribution in [0.4, 0.5) is 0 Å². The number of furan rings is 1. The number of aryl methyl sites for hydroxylation is 2. The van der Waals surface area contributed by atoms with Gasteiger partial charge in [-0.05, 0) is 54.3 Å². The van der Waals surface area contributed by atoms with Gasteiger partial charge in [-0.15, -0.1) is 0 Å². The van der Waals surface area contributed by atoms with Gasteiger partial charge in [0, 0.05) is 30.5 Å². The molecule has 5 aromatic rings. The van der Waals surface area contributed by atoms with Crippen LogP contribution in [0.25, 0.3) is 44.1 Å². The first kappa shape index (κ1) is 17.5. The Balaban J connectivity index is 1.56. The van der Waals surface area contributed by atoms with Gasteiger partial charge in [0.15, 0.2) is 6.20 Å². The minimum absolute atomic E-state index is 0.471. The summed E-state index contributed by atoms with van der Waals surface area (Å²) in [6, 6.07) is 17.1. The lowest BCUT2D eigenvalue weighted by Crippen LogP contribution is -2.31. The molecule has 0 amide bonds. The van der Waals surface area contributed by atoms with Crippen LogP contribution in [0.15, 0.2) is 65.3 Å². The third kappa shape index (κ3) is 3.03. The van der Waals surface area contributed by atoms with Crippen molar-refractivity contribution in [2.45, 2.75) is 44.9 Å². The first-order valence-electron chi connectivity index (χ1n) is 11.7. The lowest BCUT2D eigenvalue weighted by molar-refractivity contribution is -0.660. The van der Waals surface area contributed by atoms with Crippen LogP contribution >= 0.6 is 0 Å². The fraction of sp³-hybridized carbons (Fsp3) is 0.286. The standard InChI is InChI=1S/C28H27N2O/c1-18-14-24-26(31-28-27(24)22-11-7-6-10-21(22)17-29-28)16-23(18)25-15-20(12-13-30(25)2)19-8-4-3-5-9-19/h6-7,10-17,19H,3-5,8-9H2,1-2H3/q+1/i19D. The van der Waals surface area contributed by atoms with Gasteiger partial charge < -0.3 is 4.42 Å². The van der Waals surface area contributed by atoms with Gasteiger partial charge in [-0.1, -0.05) is 43.5 Å². The zero-order valence-corrected chi connectivity index (χ0v) is 18.1. The molecular formula is C28H27N2O+. The van der Waals surface area contributed by atoms with Crippen LogP contribution in [-0.2, 0) is 7.05 Å². The molecule has 0 atom stereocenters.